The van der Waals surface area contributed by atoms with Crippen molar-refractivity contribution in [3.8, 4) is 17.1 Å². The number of halogens is 3. The van der Waals surface area contributed by atoms with E-state index in [1.807, 2.05) is 42.7 Å². The number of rotatable bonds is 8. The molecule has 37 heavy (non-hydrogen) atoms. The molecule has 1 aliphatic carbocycles. The molecule has 0 amide bonds. The molecule has 192 valence electrons. The van der Waals surface area contributed by atoms with Gasteiger partial charge in [-0.25, -0.2) is 19.7 Å². The number of hydrogen-bond donors (Lipinski definition) is 2. The van der Waals surface area contributed by atoms with Crippen LogP contribution in [0, 0.1) is 12.8 Å². The molecule has 0 bridgehead atoms. The lowest BCUT2D eigenvalue weighted by molar-refractivity contribution is -0.274. The molecule has 2 heterocycles. The minimum absolute atomic E-state index is 0.0596. The van der Waals surface area contributed by atoms with Gasteiger partial charge in [0.25, 0.3) is 0 Å². The number of aromatic carboxylic acids is 1. The van der Waals surface area contributed by atoms with Crippen LogP contribution in [-0.4, -0.2) is 43.0 Å². The van der Waals surface area contributed by atoms with E-state index in [1.165, 1.54) is 12.1 Å². The number of carboxylic acid groups (broad SMARTS) is 1. The summed E-state index contributed by atoms with van der Waals surface area (Å²) < 4.78 is 43.6. The number of benzene rings is 2. The second kappa shape index (κ2) is 9.38. The van der Waals surface area contributed by atoms with Crippen LogP contribution in [0.2, 0.25) is 0 Å². The number of aryl methyl sites for hydroxylation is 1. The van der Waals surface area contributed by atoms with Crippen LogP contribution in [-0.2, 0) is 6.54 Å². The summed E-state index contributed by atoms with van der Waals surface area (Å²) in [5.74, 6) is -0.602. The molecule has 2 aromatic carbocycles. The van der Waals surface area contributed by atoms with Crippen LogP contribution in [0.25, 0.3) is 22.6 Å². The zero-order chi connectivity index (χ0) is 26.3. The summed E-state index contributed by atoms with van der Waals surface area (Å²) >= 11 is 0. The van der Waals surface area contributed by atoms with Crippen molar-refractivity contribution in [3.63, 3.8) is 0 Å². The van der Waals surface area contributed by atoms with Gasteiger partial charge in [-0.3, -0.25) is 0 Å². The Labute approximate surface area is 210 Å². The number of hydrogen-bond acceptors (Lipinski definition) is 6. The average molecular weight is 512 g/mol. The molecule has 1 saturated carbocycles. The highest BCUT2D eigenvalue weighted by atomic mass is 19.4. The summed E-state index contributed by atoms with van der Waals surface area (Å²) in [5, 5.41) is 13.0. The molecule has 1 atom stereocenters. The Balaban J connectivity index is 1.65. The first-order valence-electron chi connectivity index (χ1n) is 11.8. The van der Waals surface area contributed by atoms with Gasteiger partial charge in [0.05, 0.1) is 0 Å². The molecule has 0 radical (unpaired) electrons. The summed E-state index contributed by atoms with van der Waals surface area (Å²) in [7, 11) is 0. The van der Waals surface area contributed by atoms with Gasteiger partial charge in [0.1, 0.15) is 17.1 Å². The first-order valence-corrected chi connectivity index (χ1v) is 11.8. The Morgan fingerprint density at radius 3 is 2.51 bits per heavy atom. The average Bonchev–Trinajstić information content (AvgIpc) is 3.61. The molecule has 0 aliphatic heterocycles. The third-order valence-corrected chi connectivity index (χ3v) is 6.26. The SMILES string of the molecule is Cc1cccc(-c2nc3nc(C(=O)O)nc(N[C@H](C)C4CC4)c3n2Cc2ccc(OC(F)(F)F)cc2)c1. The number of aromatic nitrogens is 4. The number of nitrogens with one attached hydrogen (secondary N) is 1. The number of carbonyl (C=O) groups is 1. The number of nitrogens with zero attached hydrogens (tertiary/aromatic N) is 4. The van der Waals surface area contributed by atoms with Crippen LogP contribution in [0.1, 0.15) is 41.5 Å². The summed E-state index contributed by atoms with van der Waals surface area (Å²) in [4.78, 5) is 25.0. The van der Waals surface area contributed by atoms with Crippen LogP contribution in [0.15, 0.2) is 48.5 Å². The van der Waals surface area contributed by atoms with Crippen molar-refractivity contribution in [2.75, 3.05) is 5.32 Å². The summed E-state index contributed by atoms with van der Waals surface area (Å²) in [6.07, 6.45) is -2.62. The number of imidazole rings is 1. The van der Waals surface area contributed by atoms with Crippen LogP contribution in [0.4, 0.5) is 19.0 Å². The maximum absolute atomic E-state index is 12.6. The van der Waals surface area contributed by atoms with Gasteiger partial charge in [0, 0.05) is 18.2 Å². The molecule has 1 fully saturated rings. The summed E-state index contributed by atoms with van der Waals surface area (Å²) in [5.41, 5.74) is 3.21. The van der Waals surface area contributed by atoms with Crippen molar-refractivity contribution in [2.45, 2.75) is 45.6 Å². The van der Waals surface area contributed by atoms with E-state index in [0.29, 0.717) is 28.6 Å². The molecular weight excluding hydrogens is 487 g/mol. The smallest absolute Gasteiger partial charge is 0.475 e. The lowest BCUT2D eigenvalue weighted by Crippen LogP contribution is -2.20. The van der Waals surface area contributed by atoms with E-state index in [4.69, 9.17) is 4.98 Å². The first kappa shape index (κ1) is 24.5. The van der Waals surface area contributed by atoms with Crippen LogP contribution < -0.4 is 10.1 Å². The highest BCUT2D eigenvalue weighted by Gasteiger charge is 2.31. The highest BCUT2D eigenvalue weighted by molar-refractivity contribution is 5.92. The number of alkyl halides is 3. The van der Waals surface area contributed by atoms with Crippen LogP contribution in [0.3, 0.4) is 0 Å². The molecular formula is C26H24F3N5O3. The maximum Gasteiger partial charge on any atom is 0.573 e. The molecule has 1 aliphatic rings. The second-order valence-electron chi connectivity index (χ2n) is 9.23. The molecule has 11 heteroatoms. The van der Waals surface area contributed by atoms with Gasteiger partial charge in [-0.15, -0.1) is 13.2 Å². The predicted molar refractivity (Wildman–Crippen MR) is 130 cm³/mol. The second-order valence-corrected chi connectivity index (χ2v) is 9.23. The van der Waals surface area contributed by atoms with Crippen molar-refractivity contribution >= 4 is 23.0 Å². The minimum atomic E-state index is -4.78. The quantitative estimate of drug-likeness (QED) is 0.315. The molecule has 8 nitrogen and oxygen atoms in total. The van der Waals surface area contributed by atoms with Crippen molar-refractivity contribution in [2.24, 2.45) is 5.92 Å². The fourth-order valence-electron chi connectivity index (χ4n) is 4.30. The standard InChI is InChI=1S/C26H24F3N5O3/c1-14-4-3-5-18(12-14)24-33-22-20(21(30-15(2)17-8-9-17)31-23(32-22)25(35)36)34(24)13-16-6-10-19(11-7-16)37-26(27,28)29/h3-7,10-12,15,17H,8-9,13H2,1-2H3,(H,35,36)(H,30,31,32)/t15-/m1/s1. The number of carboxylic acids is 1. The number of fused-ring (bicyclic) bond motifs is 1. The zero-order valence-corrected chi connectivity index (χ0v) is 20.1. The highest BCUT2D eigenvalue weighted by Crippen LogP contribution is 2.36. The molecule has 0 saturated heterocycles. The minimum Gasteiger partial charge on any atom is -0.475 e. The van der Waals surface area contributed by atoms with Crippen molar-refractivity contribution < 1.29 is 27.8 Å². The van der Waals surface area contributed by atoms with Crippen molar-refractivity contribution in [1.29, 1.82) is 0 Å². The van der Waals surface area contributed by atoms with Crippen molar-refractivity contribution in [3.05, 3.63) is 65.5 Å². The van der Waals surface area contributed by atoms with E-state index in [-0.39, 0.29) is 29.8 Å². The molecule has 4 aromatic rings. The number of anilines is 1. The lowest BCUT2D eigenvalue weighted by Gasteiger charge is -2.17. The monoisotopic (exact) mass is 511 g/mol. The normalized spacial score (nSPS) is 14.5. The van der Waals surface area contributed by atoms with E-state index in [1.54, 1.807) is 12.1 Å². The van der Waals surface area contributed by atoms with Gasteiger partial charge in [0.2, 0.25) is 5.82 Å². The van der Waals surface area contributed by atoms with E-state index in [0.717, 1.165) is 24.0 Å². The largest absolute Gasteiger partial charge is 0.573 e. The Morgan fingerprint density at radius 2 is 1.89 bits per heavy atom. The predicted octanol–water partition coefficient (Wildman–Crippen LogP) is 5.66. The topological polar surface area (TPSA) is 102 Å². The fourth-order valence-corrected chi connectivity index (χ4v) is 4.30. The van der Waals surface area contributed by atoms with E-state index < -0.39 is 12.3 Å². The number of ether oxygens (including phenoxy) is 1. The Kier molecular flexibility index (Phi) is 6.22. The van der Waals surface area contributed by atoms with E-state index >= 15 is 0 Å². The van der Waals surface area contributed by atoms with Gasteiger partial charge < -0.3 is 19.7 Å². The molecule has 0 spiro atoms. The maximum atomic E-state index is 12.6. The van der Waals surface area contributed by atoms with Crippen LogP contribution >= 0.6 is 0 Å². The molecule has 2 N–H and O–H groups in total. The molecule has 0 unspecified atom stereocenters. The summed E-state index contributed by atoms with van der Waals surface area (Å²) in [6, 6.07) is 13.3. The van der Waals surface area contributed by atoms with Crippen LogP contribution in [0.5, 0.6) is 5.75 Å². The molecule has 5 rings (SSSR count). The third-order valence-electron chi connectivity index (χ3n) is 6.26. The third kappa shape index (κ3) is 5.50. The van der Waals surface area contributed by atoms with Crippen molar-refractivity contribution in [1.82, 2.24) is 19.5 Å². The Morgan fingerprint density at radius 1 is 1.16 bits per heavy atom. The van der Waals surface area contributed by atoms with Gasteiger partial charge in [-0.05, 0) is 56.4 Å². The van der Waals surface area contributed by atoms with E-state index in [2.05, 4.69) is 20.0 Å². The van der Waals surface area contributed by atoms with Gasteiger partial charge >= 0.3 is 12.3 Å². The van der Waals surface area contributed by atoms with Gasteiger partial charge in [-0.1, -0.05) is 35.9 Å². The van der Waals surface area contributed by atoms with Gasteiger partial charge in [0.15, 0.2) is 11.5 Å². The first-order chi connectivity index (χ1) is 17.6. The Hall–Kier alpha value is -4.15. The van der Waals surface area contributed by atoms with E-state index in [9.17, 15) is 23.1 Å². The summed E-state index contributed by atoms with van der Waals surface area (Å²) in [6.45, 7) is 4.20. The lowest BCUT2D eigenvalue weighted by atomic mass is 10.1. The van der Waals surface area contributed by atoms with Gasteiger partial charge in [-0.2, -0.15) is 0 Å². The molecule has 2 aromatic heterocycles. The fraction of sp³-hybridized carbons (Fsp3) is 0.308. The Bertz CT molecular complexity index is 1460. The zero-order valence-electron chi connectivity index (χ0n) is 20.1.